The smallest absolute Gasteiger partial charge is 0.253 e. The van der Waals surface area contributed by atoms with Crippen molar-refractivity contribution in [2.24, 2.45) is 11.7 Å². The molecule has 23 heavy (non-hydrogen) atoms. The van der Waals surface area contributed by atoms with Crippen LogP contribution in [0, 0.1) is 9.49 Å². The van der Waals surface area contributed by atoms with E-state index in [0.717, 1.165) is 14.8 Å². The first-order chi connectivity index (χ1) is 10.8. The second-order valence-electron chi connectivity index (χ2n) is 5.69. The first kappa shape index (κ1) is 16.0. The van der Waals surface area contributed by atoms with Crippen LogP contribution in [0.4, 0.5) is 5.82 Å². The lowest BCUT2D eigenvalue weighted by atomic mass is 9.91. The Morgan fingerprint density at radius 3 is 2.83 bits per heavy atom. The molecule has 1 aliphatic rings. The van der Waals surface area contributed by atoms with Gasteiger partial charge in [0.15, 0.2) is 0 Å². The third-order valence-electron chi connectivity index (χ3n) is 4.19. The van der Waals surface area contributed by atoms with Crippen LogP contribution in [0.3, 0.4) is 0 Å². The molecule has 0 fully saturated rings. The highest BCUT2D eigenvalue weighted by molar-refractivity contribution is 14.1. The normalized spacial score (nSPS) is 21.2. The van der Waals surface area contributed by atoms with Gasteiger partial charge in [0.1, 0.15) is 11.5 Å². The maximum Gasteiger partial charge on any atom is 0.253 e. The Morgan fingerprint density at radius 2 is 2.17 bits per heavy atom. The van der Waals surface area contributed by atoms with Gasteiger partial charge < -0.3 is 16.6 Å². The van der Waals surface area contributed by atoms with Crippen LogP contribution in [0.15, 0.2) is 30.0 Å². The molecule has 2 heterocycles. The molecular weight excluding hydrogens is 407 g/mol. The molecule has 0 saturated heterocycles. The van der Waals surface area contributed by atoms with Crippen LogP contribution in [0.2, 0.25) is 0 Å². The zero-order chi connectivity index (χ0) is 16.9. The summed E-state index contributed by atoms with van der Waals surface area (Å²) in [5, 5.41) is 10.8. The summed E-state index contributed by atoms with van der Waals surface area (Å²) in [7, 11) is 0. The number of rotatable bonds is 2. The van der Waals surface area contributed by atoms with E-state index in [2.05, 4.69) is 27.6 Å². The number of anilines is 1. The fourth-order valence-electron chi connectivity index (χ4n) is 3.06. The van der Waals surface area contributed by atoms with Gasteiger partial charge in [0.05, 0.1) is 11.7 Å². The maximum absolute atomic E-state index is 11.9. The van der Waals surface area contributed by atoms with Crippen LogP contribution >= 0.6 is 22.6 Å². The molecule has 1 amide bonds. The van der Waals surface area contributed by atoms with Crippen LogP contribution in [-0.2, 0) is 0 Å². The first-order valence-electron chi connectivity index (χ1n) is 7.15. The summed E-state index contributed by atoms with van der Waals surface area (Å²) in [5.74, 6) is -0.515. The van der Waals surface area contributed by atoms with Crippen molar-refractivity contribution in [3.63, 3.8) is 0 Å². The van der Waals surface area contributed by atoms with Crippen LogP contribution in [0.1, 0.15) is 24.2 Å². The summed E-state index contributed by atoms with van der Waals surface area (Å²) in [6.45, 7) is 3.85. The summed E-state index contributed by atoms with van der Waals surface area (Å²) >= 11 is 2.13. The van der Waals surface area contributed by atoms with Crippen LogP contribution in [-0.4, -0.2) is 26.7 Å². The van der Waals surface area contributed by atoms with Gasteiger partial charge in [-0.05, 0) is 41.2 Å². The largest absolute Gasteiger partial charge is 0.388 e. The van der Waals surface area contributed by atoms with Crippen molar-refractivity contribution >= 4 is 51.0 Å². The molecule has 0 unspecified atom stereocenters. The summed E-state index contributed by atoms with van der Waals surface area (Å²) in [5.41, 5.74) is 14.4. The number of nitrogens with zero attached hydrogens (tertiary/aromatic N) is 2. The van der Waals surface area contributed by atoms with E-state index >= 15 is 0 Å². The molecule has 0 radical (unpaired) electrons. The number of primary amides is 1. The molecule has 5 N–H and O–H groups in total. The Kier molecular flexibility index (Phi) is 3.93. The third kappa shape index (κ3) is 2.43. The van der Waals surface area contributed by atoms with Gasteiger partial charge in [-0.25, -0.2) is 4.98 Å². The van der Waals surface area contributed by atoms with Crippen LogP contribution in [0.5, 0.6) is 0 Å². The highest BCUT2D eigenvalue weighted by atomic mass is 127. The number of aliphatic hydroxyl groups is 1. The summed E-state index contributed by atoms with van der Waals surface area (Å²) in [6, 6.07) is 1.84. The number of aromatic nitrogens is 2. The number of hydrogen-bond donors (Lipinski definition) is 3. The number of aliphatic hydroxyl groups excluding tert-OH is 1. The van der Waals surface area contributed by atoms with E-state index in [4.69, 9.17) is 11.5 Å². The summed E-state index contributed by atoms with van der Waals surface area (Å²) in [6.07, 6.45) is 4.68. The van der Waals surface area contributed by atoms with E-state index < -0.39 is 12.0 Å². The molecule has 0 saturated carbocycles. The molecule has 6 nitrogen and oxygen atoms in total. The number of hydrogen-bond acceptors (Lipinski definition) is 4. The zero-order valence-corrected chi connectivity index (χ0v) is 14.9. The Morgan fingerprint density at radius 1 is 1.48 bits per heavy atom. The van der Waals surface area contributed by atoms with E-state index in [0.29, 0.717) is 11.0 Å². The minimum atomic E-state index is -0.619. The number of nitrogens with two attached hydrogens (primary N) is 2. The second-order valence-corrected chi connectivity index (χ2v) is 6.94. The van der Waals surface area contributed by atoms with Crippen molar-refractivity contribution in [1.82, 2.24) is 9.55 Å². The first-order valence-corrected chi connectivity index (χ1v) is 8.23. The van der Waals surface area contributed by atoms with Crippen molar-refractivity contribution in [2.75, 3.05) is 5.73 Å². The molecule has 0 aliphatic heterocycles. The van der Waals surface area contributed by atoms with Gasteiger partial charge in [0.25, 0.3) is 5.91 Å². The highest BCUT2D eigenvalue weighted by Crippen LogP contribution is 2.37. The monoisotopic (exact) mass is 424 g/mol. The molecule has 2 aromatic heterocycles. The molecular formula is C16H17IN4O2. The molecule has 120 valence electrons. The topological polar surface area (TPSA) is 107 Å². The lowest BCUT2D eigenvalue weighted by Gasteiger charge is -2.27. The quantitative estimate of drug-likeness (QED) is 0.642. The van der Waals surface area contributed by atoms with Gasteiger partial charge >= 0.3 is 0 Å². The number of halogens is 1. The second kappa shape index (κ2) is 5.64. The van der Waals surface area contributed by atoms with E-state index in [1.165, 1.54) is 0 Å². The number of pyridine rings is 1. The van der Waals surface area contributed by atoms with Crippen molar-refractivity contribution < 1.29 is 9.90 Å². The zero-order valence-electron chi connectivity index (χ0n) is 12.7. The molecule has 0 aromatic carbocycles. The number of amides is 1. The Hall–Kier alpha value is -1.87. The fraction of sp³-hybridized carbons (Fsp3) is 0.250. The molecule has 0 spiro atoms. The lowest BCUT2D eigenvalue weighted by molar-refractivity contribution is 0.100. The summed E-state index contributed by atoms with van der Waals surface area (Å²) < 4.78 is 2.62. The minimum Gasteiger partial charge on any atom is -0.388 e. The number of carbonyl (C=O) groups excluding carboxylic acids is 1. The molecule has 0 bridgehead atoms. The highest BCUT2D eigenvalue weighted by Gasteiger charge is 2.29. The molecule has 1 aliphatic carbocycles. The van der Waals surface area contributed by atoms with Gasteiger partial charge in [-0.3, -0.25) is 9.36 Å². The molecule has 7 heteroatoms. The predicted octanol–water partition coefficient (Wildman–Crippen LogP) is 2.12. The molecule has 3 rings (SSSR count). The van der Waals surface area contributed by atoms with Crippen molar-refractivity contribution in [1.29, 1.82) is 0 Å². The van der Waals surface area contributed by atoms with Gasteiger partial charge in [0.2, 0.25) is 0 Å². The Bertz CT molecular complexity index is 882. The van der Waals surface area contributed by atoms with E-state index in [1.54, 1.807) is 16.8 Å². The summed E-state index contributed by atoms with van der Waals surface area (Å²) in [4.78, 5) is 16.3. The van der Waals surface area contributed by atoms with Crippen LogP contribution in [0.25, 0.3) is 16.7 Å². The number of allylic oxidation sites excluding steroid dienone is 2. The Labute approximate surface area is 147 Å². The third-order valence-corrected chi connectivity index (χ3v) is 4.78. The number of fused-ring (bicyclic) bond motifs is 1. The van der Waals surface area contributed by atoms with Crippen molar-refractivity contribution in [3.8, 4) is 0 Å². The lowest BCUT2D eigenvalue weighted by Crippen LogP contribution is -2.24. The minimum absolute atomic E-state index is 0.181. The predicted molar refractivity (Wildman–Crippen MR) is 98.6 cm³/mol. The molecule has 2 atom stereocenters. The van der Waals surface area contributed by atoms with Gasteiger partial charge in [-0.1, -0.05) is 19.1 Å². The van der Waals surface area contributed by atoms with Crippen molar-refractivity contribution in [3.05, 3.63) is 39.1 Å². The fourth-order valence-corrected chi connectivity index (χ4v) is 3.51. The van der Waals surface area contributed by atoms with Crippen LogP contribution < -0.4 is 11.5 Å². The van der Waals surface area contributed by atoms with Gasteiger partial charge in [-0.15, -0.1) is 0 Å². The standard InChI is InChI=1S/C16H17IN4O2/c1-7-3-4-11(22)8(2)13(7)21-14(18)12(15(19)23)10-5-9(17)6-20-16(10)21/h3-6,8,11,22H,18H2,1-2H3,(H2,19,23)/t8-,11-/m1/s1. The average molecular weight is 424 g/mol. The van der Waals surface area contributed by atoms with E-state index in [-0.39, 0.29) is 17.3 Å². The SMILES string of the molecule is CC1=C(n2c(N)c(C(N)=O)c3cc(I)cnc32)[C@H](C)[C@H](O)C=C1. The average Bonchev–Trinajstić information content (AvgIpc) is 2.75. The molecule has 2 aromatic rings. The number of carbonyl (C=O) groups is 1. The van der Waals surface area contributed by atoms with Crippen molar-refractivity contribution in [2.45, 2.75) is 20.0 Å². The maximum atomic E-state index is 11.9. The van der Waals surface area contributed by atoms with E-state index in [9.17, 15) is 9.90 Å². The van der Waals surface area contributed by atoms with Gasteiger partial charge in [-0.2, -0.15) is 0 Å². The van der Waals surface area contributed by atoms with E-state index in [1.807, 2.05) is 26.0 Å². The Balaban J connectivity index is 2.41. The number of nitrogen functional groups attached to an aromatic ring is 1. The van der Waals surface area contributed by atoms with Gasteiger partial charge in [0, 0.05) is 26.8 Å².